The lowest BCUT2D eigenvalue weighted by molar-refractivity contribution is 0.485. The highest BCUT2D eigenvalue weighted by Crippen LogP contribution is 2.03. The molecule has 0 unspecified atom stereocenters. The number of hydrogen-bond donors (Lipinski definition) is 3. The Morgan fingerprint density at radius 3 is 2.40 bits per heavy atom. The van der Waals surface area contributed by atoms with E-state index in [1.54, 1.807) is 14.0 Å². The number of nitrogens with one attached hydrogen (secondary N) is 2. The standard InChI is InChI=1S/C6H11N5O3S/c1-4-9-5(7-2)11-6(10-4)8-3-15(12,13)14/h3H2,1-2H3,(H,12,13,14)(H2,7,8,9,10,11). The molecule has 0 aliphatic rings. The van der Waals surface area contributed by atoms with Crippen LogP contribution in [0.2, 0.25) is 0 Å². The second kappa shape index (κ2) is 4.36. The topological polar surface area (TPSA) is 117 Å². The van der Waals surface area contributed by atoms with E-state index in [2.05, 4.69) is 25.6 Å². The Hall–Kier alpha value is -1.48. The van der Waals surface area contributed by atoms with Gasteiger partial charge in [0.15, 0.2) is 0 Å². The maximum Gasteiger partial charge on any atom is 0.283 e. The van der Waals surface area contributed by atoms with Crippen LogP contribution in [0.4, 0.5) is 11.9 Å². The van der Waals surface area contributed by atoms with E-state index in [0.29, 0.717) is 11.8 Å². The van der Waals surface area contributed by atoms with Gasteiger partial charge in [-0.15, -0.1) is 0 Å². The van der Waals surface area contributed by atoms with E-state index >= 15 is 0 Å². The van der Waals surface area contributed by atoms with Crippen molar-refractivity contribution in [1.82, 2.24) is 15.0 Å². The highest BCUT2D eigenvalue weighted by atomic mass is 32.2. The largest absolute Gasteiger partial charge is 0.357 e. The summed E-state index contributed by atoms with van der Waals surface area (Å²) in [5.41, 5.74) is 0. The first-order valence-electron chi connectivity index (χ1n) is 4.00. The minimum atomic E-state index is -4.09. The Kier molecular flexibility index (Phi) is 3.37. The van der Waals surface area contributed by atoms with Crippen molar-refractivity contribution in [2.24, 2.45) is 0 Å². The minimum absolute atomic E-state index is 0.0875. The summed E-state index contributed by atoms with van der Waals surface area (Å²) in [5, 5.41) is 5.05. The third-order valence-corrected chi connectivity index (χ3v) is 1.89. The first kappa shape index (κ1) is 11.6. The average molecular weight is 233 g/mol. The molecule has 9 heteroatoms. The second-order valence-electron chi connectivity index (χ2n) is 2.68. The molecule has 0 fully saturated rings. The summed E-state index contributed by atoms with van der Waals surface area (Å²) in [6.07, 6.45) is 0. The molecule has 0 aliphatic carbocycles. The fourth-order valence-corrected chi connectivity index (χ4v) is 1.14. The van der Waals surface area contributed by atoms with Crippen molar-refractivity contribution < 1.29 is 13.0 Å². The lowest BCUT2D eigenvalue weighted by atomic mass is 10.7. The first-order valence-corrected chi connectivity index (χ1v) is 5.61. The molecule has 0 saturated carbocycles. The van der Waals surface area contributed by atoms with Crippen molar-refractivity contribution in [3.8, 4) is 0 Å². The highest BCUT2D eigenvalue weighted by molar-refractivity contribution is 7.85. The third-order valence-electron chi connectivity index (χ3n) is 1.38. The zero-order chi connectivity index (χ0) is 11.5. The maximum atomic E-state index is 10.5. The molecule has 8 nitrogen and oxygen atoms in total. The van der Waals surface area contributed by atoms with Crippen LogP contribution in [0, 0.1) is 6.92 Å². The van der Waals surface area contributed by atoms with Crippen molar-refractivity contribution in [3.05, 3.63) is 5.82 Å². The van der Waals surface area contributed by atoms with Gasteiger partial charge in [0.1, 0.15) is 11.7 Å². The van der Waals surface area contributed by atoms with Crippen LogP contribution in [0.5, 0.6) is 0 Å². The van der Waals surface area contributed by atoms with E-state index < -0.39 is 16.0 Å². The number of nitrogens with zero attached hydrogens (tertiary/aromatic N) is 3. The van der Waals surface area contributed by atoms with Gasteiger partial charge in [0, 0.05) is 7.05 Å². The summed E-state index contributed by atoms with van der Waals surface area (Å²) in [5.74, 6) is 0.205. The molecule has 0 spiro atoms. The quantitative estimate of drug-likeness (QED) is 0.594. The molecule has 0 radical (unpaired) electrons. The molecule has 3 N–H and O–H groups in total. The number of hydrogen-bond acceptors (Lipinski definition) is 7. The molecule has 84 valence electrons. The molecule has 1 aromatic rings. The van der Waals surface area contributed by atoms with Crippen molar-refractivity contribution in [1.29, 1.82) is 0 Å². The molecular weight excluding hydrogens is 222 g/mol. The molecule has 15 heavy (non-hydrogen) atoms. The Morgan fingerprint density at radius 1 is 1.27 bits per heavy atom. The Balaban J connectivity index is 2.81. The molecular formula is C6H11N5O3S. The monoisotopic (exact) mass is 233 g/mol. The summed E-state index contributed by atoms with van der Waals surface area (Å²) in [6, 6.07) is 0. The van der Waals surface area contributed by atoms with Gasteiger partial charge in [-0.2, -0.15) is 23.4 Å². The molecule has 1 heterocycles. The van der Waals surface area contributed by atoms with Crippen molar-refractivity contribution in [3.63, 3.8) is 0 Å². The van der Waals surface area contributed by atoms with E-state index in [1.807, 2.05) is 0 Å². The smallest absolute Gasteiger partial charge is 0.283 e. The molecule has 0 atom stereocenters. The summed E-state index contributed by atoms with van der Waals surface area (Å²) >= 11 is 0. The van der Waals surface area contributed by atoms with Gasteiger partial charge in [0.2, 0.25) is 11.9 Å². The van der Waals surface area contributed by atoms with Crippen molar-refractivity contribution >= 4 is 22.0 Å². The average Bonchev–Trinajstić information content (AvgIpc) is 2.13. The number of anilines is 2. The van der Waals surface area contributed by atoms with Gasteiger partial charge in [-0.3, -0.25) is 4.55 Å². The Morgan fingerprint density at radius 2 is 1.87 bits per heavy atom. The van der Waals surface area contributed by atoms with E-state index in [9.17, 15) is 8.42 Å². The second-order valence-corrected chi connectivity index (χ2v) is 4.14. The molecule has 0 bridgehead atoms. The number of rotatable bonds is 4. The summed E-state index contributed by atoms with van der Waals surface area (Å²) < 4.78 is 29.4. The summed E-state index contributed by atoms with van der Waals surface area (Å²) in [4.78, 5) is 11.6. The summed E-state index contributed by atoms with van der Waals surface area (Å²) in [6.45, 7) is 1.64. The molecule has 1 rings (SSSR count). The van der Waals surface area contributed by atoms with Gasteiger partial charge in [-0.25, -0.2) is 0 Å². The van der Waals surface area contributed by atoms with Crippen LogP contribution in [0.1, 0.15) is 5.82 Å². The van der Waals surface area contributed by atoms with Crippen LogP contribution in [0.3, 0.4) is 0 Å². The molecule has 0 saturated heterocycles. The third kappa shape index (κ3) is 4.04. The predicted octanol–water partition coefficient (Wildman–Crippen LogP) is -0.521. The Bertz CT molecular complexity index is 446. The Labute approximate surface area is 86.9 Å². The number of aryl methyl sites for hydroxylation is 1. The van der Waals surface area contributed by atoms with Gasteiger partial charge in [0.25, 0.3) is 10.1 Å². The van der Waals surface area contributed by atoms with Gasteiger partial charge in [0.05, 0.1) is 0 Å². The summed E-state index contributed by atoms with van der Waals surface area (Å²) in [7, 11) is -2.46. The van der Waals surface area contributed by atoms with Gasteiger partial charge in [-0.05, 0) is 6.92 Å². The van der Waals surface area contributed by atoms with E-state index in [1.165, 1.54) is 0 Å². The van der Waals surface area contributed by atoms with Crippen molar-refractivity contribution in [2.45, 2.75) is 6.92 Å². The van der Waals surface area contributed by atoms with Crippen LogP contribution >= 0.6 is 0 Å². The fourth-order valence-electron chi connectivity index (χ4n) is 0.828. The highest BCUT2D eigenvalue weighted by Gasteiger charge is 2.07. The van der Waals surface area contributed by atoms with Gasteiger partial charge < -0.3 is 10.6 Å². The molecule has 0 aromatic carbocycles. The van der Waals surface area contributed by atoms with Crippen LogP contribution in [-0.4, -0.2) is 40.8 Å². The predicted molar refractivity (Wildman–Crippen MR) is 54.1 cm³/mol. The maximum absolute atomic E-state index is 10.5. The normalized spacial score (nSPS) is 11.1. The zero-order valence-corrected chi connectivity index (χ0v) is 9.04. The fraction of sp³-hybridized carbons (Fsp3) is 0.500. The SMILES string of the molecule is CNc1nc(C)nc(NCS(=O)(=O)O)n1. The molecule has 1 aromatic heterocycles. The zero-order valence-electron chi connectivity index (χ0n) is 8.22. The van der Waals surface area contributed by atoms with Gasteiger partial charge >= 0.3 is 0 Å². The minimum Gasteiger partial charge on any atom is -0.357 e. The lowest BCUT2D eigenvalue weighted by Crippen LogP contribution is -2.16. The molecule has 0 amide bonds. The first-order chi connectivity index (χ1) is 6.90. The van der Waals surface area contributed by atoms with Crippen LogP contribution in [0.15, 0.2) is 0 Å². The van der Waals surface area contributed by atoms with Crippen molar-refractivity contribution in [2.75, 3.05) is 23.6 Å². The lowest BCUT2D eigenvalue weighted by Gasteiger charge is -2.05. The van der Waals surface area contributed by atoms with Crippen LogP contribution < -0.4 is 10.6 Å². The number of aromatic nitrogens is 3. The molecule has 0 aliphatic heterocycles. The van der Waals surface area contributed by atoms with E-state index in [-0.39, 0.29) is 5.95 Å². The van der Waals surface area contributed by atoms with Gasteiger partial charge in [-0.1, -0.05) is 0 Å². The van der Waals surface area contributed by atoms with E-state index in [4.69, 9.17) is 4.55 Å². The van der Waals surface area contributed by atoms with Crippen LogP contribution in [0.25, 0.3) is 0 Å². The van der Waals surface area contributed by atoms with E-state index in [0.717, 1.165) is 0 Å². The van der Waals surface area contributed by atoms with Crippen LogP contribution in [-0.2, 0) is 10.1 Å².